The van der Waals surface area contributed by atoms with Crippen LogP contribution in [0.5, 0.6) is 0 Å². The first-order chi connectivity index (χ1) is 11.0. The monoisotopic (exact) mass is 326 g/mol. The zero-order valence-electron chi connectivity index (χ0n) is 13.2. The molecule has 1 saturated heterocycles. The lowest BCUT2D eigenvalue weighted by Crippen LogP contribution is -2.24. The van der Waals surface area contributed by atoms with Crippen LogP contribution in [0.25, 0.3) is 0 Å². The molecule has 1 fully saturated rings. The smallest absolute Gasteiger partial charge is 0.254 e. The second-order valence-corrected chi connectivity index (χ2v) is 5.15. The van der Waals surface area contributed by atoms with Crippen molar-refractivity contribution in [2.75, 3.05) is 19.7 Å². The van der Waals surface area contributed by atoms with E-state index in [4.69, 9.17) is 15.6 Å². The summed E-state index contributed by atoms with van der Waals surface area (Å²) in [4.78, 5) is 11.5. The summed E-state index contributed by atoms with van der Waals surface area (Å²) in [5.41, 5.74) is 5.46. The lowest BCUT2D eigenvalue weighted by molar-refractivity contribution is -0.0483. The van der Waals surface area contributed by atoms with Crippen LogP contribution in [-0.2, 0) is 4.74 Å². The molecule has 1 aromatic rings. The Balaban J connectivity index is 2.23. The topological polar surface area (TPSA) is 139 Å². The van der Waals surface area contributed by atoms with E-state index in [0.717, 1.165) is 0 Å². The van der Waals surface area contributed by atoms with Crippen molar-refractivity contribution in [2.45, 2.75) is 38.7 Å². The van der Waals surface area contributed by atoms with Gasteiger partial charge in [-0.05, 0) is 13.8 Å². The predicted molar refractivity (Wildman–Crippen MR) is 79.8 cm³/mol. The van der Waals surface area contributed by atoms with E-state index in [-0.39, 0.29) is 24.4 Å². The van der Waals surface area contributed by atoms with Gasteiger partial charge in [0.1, 0.15) is 11.7 Å². The van der Waals surface area contributed by atoms with Crippen molar-refractivity contribution in [3.05, 3.63) is 11.8 Å². The van der Waals surface area contributed by atoms with Crippen LogP contribution in [0.3, 0.4) is 0 Å². The molecular weight excluding hydrogens is 304 g/mol. The maximum Gasteiger partial charge on any atom is 0.254 e. The fraction of sp³-hybridized carbons (Fsp3) is 0.692. The third-order valence-electron chi connectivity index (χ3n) is 3.65. The van der Waals surface area contributed by atoms with Crippen molar-refractivity contribution in [3.8, 4) is 0 Å². The molecule has 23 heavy (non-hydrogen) atoms. The van der Waals surface area contributed by atoms with E-state index in [1.54, 1.807) is 5.01 Å². The third-order valence-corrected chi connectivity index (χ3v) is 3.65. The number of rotatable bonds is 7. The van der Waals surface area contributed by atoms with Gasteiger partial charge < -0.3 is 20.7 Å². The molecule has 0 bridgehead atoms. The number of ether oxygens (including phenoxy) is 1. The molecule has 10 nitrogen and oxygen atoms in total. The lowest BCUT2D eigenvalue weighted by Gasteiger charge is -2.12. The van der Waals surface area contributed by atoms with E-state index >= 15 is 0 Å². The van der Waals surface area contributed by atoms with E-state index in [0.29, 0.717) is 13.1 Å². The molecule has 1 aliphatic rings. The van der Waals surface area contributed by atoms with Gasteiger partial charge >= 0.3 is 0 Å². The first-order valence-electron chi connectivity index (χ1n) is 7.50. The van der Waals surface area contributed by atoms with Gasteiger partial charge in [0.05, 0.1) is 12.7 Å². The van der Waals surface area contributed by atoms with Crippen LogP contribution in [0.15, 0.2) is 16.5 Å². The van der Waals surface area contributed by atoms with Gasteiger partial charge in [-0.2, -0.15) is 0 Å². The quantitative estimate of drug-likeness (QED) is 0.475. The zero-order valence-corrected chi connectivity index (χ0v) is 13.2. The largest absolute Gasteiger partial charge is 0.394 e. The predicted octanol–water partition coefficient (Wildman–Crippen LogP) is -0.0368. The number of carbonyl (C=O) groups excluding carboxylic acids is 1. The van der Waals surface area contributed by atoms with Gasteiger partial charge in [0, 0.05) is 25.7 Å². The zero-order chi connectivity index (χ0) is 17.0. The Hall–Kier alpha value is -2.04. The van der Waals surface area contributed by atoms with Gasteiger partial charge in [-0.25, -0.2) is 4.68 Å². The van der Waals surface area contributed by atoms with Crippen LogP contribution in [0.4, 0.5) is 5.82 Å². The van der Waals surface area contributed by atoms with E-state index in [1.165, 1.54) is 10.9 Å². The van der Waals surface area contributed by atoms with Gasteiger partial charge in [-0.3, -0.25) is 9.80 Å². The molecule has 1 aliphatic heterocycles. The summed E-state index contributed by atoms with van der Waals surface area (Å²) in [7, 11) is 0. The standard InChI is InChI=1S/C13H22N6O4/c1-3-18(4-2)17-15-13-8(12(14)22)6-19(16-13)11-5-9(21)10(7-20)23-11/h6,9-11,20-21H,3-5,7H2,1-2H3,(H2,14,22)/t9-,10+,11+/m0/s1. The minimum absolute atomic E-state index is 0.0925. The van der Waals surface area contributed by atoms with Crippen molar-refractivity contribution >= 4 is 11.7 Å². The first kappa shape index (κ1) is 17.3. The minimum Gasteiger partial charge on any atom is -0.394 e. The molecule has 0 spiro atoms. The van der Waals surface area contributed by atoms with Gasteiger partial charge in [-0.1, -0.05) is 5.22 Å². The van der Waals surface area contributed by atoms with E-state index in [2.05, 4.69) is 15.4 Å². The van der Waals surface area contributed by atoms with Crippen LogP contribution >= 0.6 is 0 Å². The van der Waals surface area contributed by atoms with E-state index < -0.39 is 24.3 Å². The molecule has 10 heteroatoms. The number of primary amides is 1. The number of nitrogens with zero attached hydrogens (tertiary/aromatic N) is 5. The number of aliphatic hydroxyl groups is 2. The van der Waals surface area contributed by atoms with Crippen LogP contribution in [0, 0.1) is 0 Å². The molecule has 1 aromatic heterocycles. The molecule has 2 heterocycles. The number of nitrogens with two attached hydrogens (primary N) is 1. The summed E-state index contributed by atoms with van der Waals surface area (Å²) in [6, 6.07) is 0. The molecule has 0 aromatic carbocycles. The average Bonchev–Trinajstić information content (AvgIpc) is 3.11. The van der Waals surface area contributed by atoms with Crippen LogP contribution in [0.1, 0.15) is 36.9 Å². The summed E-state index contributed by atoms with van der Waals surface area (Å²) in [6.07, 6.45) is -0.417. The maximum absolute atomic E-state index is 11.5. The fourth-order valence-corrected chi connectivity index (χ4v) is 2.27. The van der Waals surface area contributed by atoms with Gasteiger partial charge in [0.25, 0.3) is 5.91 Å². The Morgan fingerprint density at radius 3 is 2.78 bits per heavy atom. The molecular formula is C13H22N6O4. The second-order valence-electron chi connectivity index (χ2n) is 5.15. The van der Waals surface area contributed by atoms with Gasteiger partial charge in [0.2, 0.25) is 5.82 Å². The first-order valence-corrected chi connectivity index (χ1v) is 7.50. The highest BCUT2D eigenvalue weighted by Gasteiger charge is 2.35. The number of aromatic nitrogens is 2. The molecule has 4 N–H and O–H groups in total. The average molecular weight is 326 g/mol. The molecule has 3 atom stereocenters. The summed E-state index contributed by atoms with van der Waals surface area (Å²) in [5, 5.41) is 32.7. The highest BCUT2D eigenvalue weighted by Crippen LogP contribution is 2.30. The van der Waals surface area contributed by atoms with Crippen molar-refractivity contribution in [1.82, 2.24) is 14.8 Å². The molecule has 2 rings (SSSR count). The Morgan fingerprint density at radius 1 is 1.57 bits per heavy atom. The number of hydrogen-bond acceptors (Lipinski definition) is 7. The Bertz CT molecular complexity index is 571. The van der Waals surface area contributed by atoms with E-state index in [1.807, 2.05) is 13.8 Å². The summed E-state index contributed by atoms with van der Waals surface area (Å²) in [6.45, 7) is 4.90. The molecule has 128 valence electrons. The second kappa shape index (κ2) is 7.49. The summed E-state index contributed by atoms with van der Waals surface area (Å²) >= 11 is 0. The maximum atomic E-state index is 11.5. The third kappa shape index (κ3) is 3.84. The van der Waals surface area contributed by atoms with Gasteiger partial charge in [0.15, 0.2) is 6.23 Å². The van der Waals surface area contributed by atoms with E-state index in [9.17, 15) is 9.90 Å². The highest BCUT2D eigenvalue weighted by molar-refractivity contribution is 5.96. The molecule has 0 unspecified atom stereocenters. The Kier molecular flexibility index (Phi) is 5.64. The molecule has 0 radical (unpaired) electrons. The van der Waals surface area contributed by atoms with Crippen LogP contribution in [-0.4, -0.2) is 62.8 Å². The molecule has 1 amide bonds. The number of aliphatic hydroxyl groups excluding tert-OH is 2. The van der Waals surface area contributed by atoms with Crippen molar-refractivity contribution in [3.63, 3.8) is 0 Å². The summed E-state index contributed by atoms with van der Waals surface area (Å²) < 4.78 is 6.86. The normalized spacial score (nSPS) is 24.4. The SMILES string of the molecule is CCN(CC)N=Nc1nn([C@H]2C[C@H](O)[C@@H](CO)O2)cc1C(N)=O. The fourth-order valence-electron chi connectivity index (χ4n) is 2.27. The summed E-state index contributed by atoms with van der Waals surface area (Å²) in [5.74, 6) is -0.586. The molecule has 0 aliphatic carbocycles. The number of carbonyl (C=O) groups is 1. The Morgan fingerprint density at radius 2 is 2.26 bits per heavy atom. The van der Waals surface area contributed by atoms with Gasteiger partial charge in [-0.15, -0.1) is 10.2 Å². The van der Waals surface area contributed by atoms with Crippen molar-refractivity contribution in [1.29, 1.82) is 0 Å². The van der Waals surface area contributed by atoms with Crippen LogP contribution in [0.2, 0.25) is 0 Å². The molecule has 0 saturated carbocycles. The Labute approximate surface area is 133 Å². The number of hydrogen-bond donors (Lipinski definition) is 3. The van der Waals surface area contributed by atoms with Crippen LogP contribution < -0.4 is 5.73 Å². The lowest BCUT2D eigenvalue weighted by atomic mass is 10.2. The van der Waals surface area contributed by atoms with Crippen molar-refractivity contribution < 1.29 is 19.7 Å². The highest BCUT2D eigenvalue weighted by atomic mass is 16.5. The van der Waals surface area contributed by atoms with Crippen molar-refractivity contribution in [2.24, 2.45) is 16.1 Å². The number of amides is 1. The minimum atomic E-state index is -0.799.